The van der Waals surface area contributed by atoms with Gasteiger partial charge in [-0.05, 0) is 61.1 Å². The lowest BCUT2D eigenvalue weighted by Gasteiger charge is -2.06. The summed E-state index contributed by atoms with van der Waals surface area (Å²) < 4.78 is 10.7. The molecule has 29 heavy (non-hydrogen) atoms. The summed E-state index contributed by atoms with van der Waals surface area (Å²) in [5, 5.41) is 8.91. The van der Waals surface area contributed by atoms with Gasteiger partial charge in [-0.3, -0.25) is 0 Å². The second kappa shape index (κ2) is 12.2. The highest BCUT2D eigenvalue weighted by Gasteiger charge is 2.00. The van der Waals surface area contributed by atoms with Gasteiger partial charge in [0.2, 0.25) is 0 Å². The van der Waals surface area contributed by atoms with Crippen molar-refractivity contribution in [2.75, 3.05) is 13.2 Å². The molecule has 0 atom stereocenters. The van der Waals surface area contributed by atoms with E-state index in [-0.39, 0.29) is 11.5 Å². The summed E-state index contributed by atoms with van der Waals surface area (Å²) in [4.78, 5) is 21.8. The van der Waals surface area contributed by atoms with E-state index >= 15 is 0 Å². The molecule has 0 spiro atoms. The first-order valence-electron chi connectivity index (χ1n) is 9.62. The first-order valence-corrected chi connectivity index (χ1v) is 9.62. The third-order valence-corrected chi connectivity index (χ3v) is 4.22. The zero-order valence-electron chi connectivity index (χ0n) is 16.4. The van der Waals surface area contributed by atoms with Crippen molar-refractivity contribution in [1.82, 2.24) is 0 Å². The van der Waals surface area contributed by atoms with Gasteiger partial charge in [-0.1, -0.05) is 43.0 Å². The summed E-state index contributed by atoms with van der Waals surface area (Å²) in [6, 6.07) is 14.6. The Morgan fingerprint density at radius 2 is 1.38 bits per heavy atom. The quantitative estimate of drug-likeness (QED) is 0.231. The minimum Gasteiger partial charge on any atom is -0.494 e. The number of aromatic carboxylic acids is 1. The smallest absolute Gasteiger partial charge is 0.335 e. The molecule has 0 radical (unpaired) electrons. The molecule has 0 aliphatic heterocycles. The first kappa shape index (κ1) is 22.0. The minimum absolute atomic E-state index is 0.278. The molecule has 0 saturated heterocycles. The molecular formula is C24H26O5. The molecule has 0 heterocycles. The van der Waals surface area contributed by atoms with Gasteiger partial charge in [-0.15, -0.1) is 0 Å². The van der Waals surface area contributed by atoms with Crippen molar-refractivity contribution in [2.24, 2.45) is 0 Å². The third kappa shape index (κ3) is 8.47. The molecular weight excluding hydrogens is 368 g/mol. The lowest BCUT2D eigenvalue weighted by Crippen LogP contribution is -2.02. The number of benzene rings is 2. The van der Waals surface area contributed by atoms with Gasteiger partial charge >= 0.3 is 11.9 Å². The van der Waals surface area contributed by atoms with E-state index in [0.29, 0.717) is 13.2 Å². The van der Waals surface area contributed by atoms with Gasteiger partial charge in [-0.25, -0.2) is 9.59 Å². The predicted molar refractivity (Wildman–Crippen MR) is 114 cm³/mol. The summed E-state index contributed by atoms with van der Waals surface area (Å²) in [6.07, 6.45) is 8.89. The van der Waals surface area contributed by atoms with Crippen LogP contribution in [-0.4, -0.2) is 30.3 Å². The fourth-order valence-corrected chi connectivity index (χ4v) is 2.58. The maximum atomic E-state index is 10.9. The standard InChI is InChI=1S/C24H26O5/c1-2-23(25)29-18-6-4-3-5-17-28-22-15-11-20(12-16-22)8-7-19-9-13-21(14-10-19)24(26)27/h2,7-16H,1,3-6,17-18H2,(H,26,27)/b8-7+. The summed E-state index contributed by atoms with van der Waals surface area (Å²) >= 11 is 0. The molecule has 2 rings (SSSR count). The Bertz CT molecular complexity index is 819. The molecule has 0 aromatic heterocycles. The molecule has 0 aliphatic rings. The summed E-state index contributed by atoms with van der Waals surface area (Å²) in [5.74, 6) is -0.472. The van der Waals surface area contributed by atoms with Crippen LogP contribution in [-0.2, 0) is 9.53 Å². The second-order valence-corrected chi connectivity index (χ2v) is 6.46. The van der Waals surface area contributed by atoms with Crippen molar-refractivity contribution >= 4 is 24.1 Å². The van der Waals surface area contributed by atoms with Gasteiger partial charge in [0, 0.05) is 6.08 Å². The van der Waals surface area contributed by atoms with Crippen molar-refractivity contribution in [2.45, 2.75) is 25.7 Å². The van der Waals surface area contributed by atoms with Crippen LogP contribution in [0.1, 0.15) is 47.2 Å². The van der Waals surface area contributed by atoms with E-state index in [4.69, 9.17) is 14.6 Å². The fraction of sp³-hybridized carbons (Fsp3) is 0.250. The average molecular weight is 394 g/mol. The van der Waals surface area contributed by atoms with Crippen LogP contribution in [0.4, 0.5) is 0 Å². The van der Waals surface area contributed by atoms with Crippen molar-refractivity contribution in [3.05, 3.63) is 77.9 Å². The summed E-state index contributed by atoms with van der Waals surface area (Å²) in [5.41, 5.74) is 2.25. The molecule has 1 N–H and O–H groups in total. The molecule has 0 saturated carbocycles. The minimum atomic E-state index is -0.926. The largest absolute Gasteiger partial charge is 0.494 e. The van der Waals surface area contributed by atoms with Crippen molar-refractivity contribution in [3.8, 4) is 5.75 Å². The highest BCUT2D eigenvalue weighted by atomic mass is 16.5. The van der Waals surface area contributed by atoms with Crippen LogP contribution in [0.25, 0.3) is 12.2 Å². The SMILES string of the molecule is C=CC(=O)OCCCCCCOc1ccc(/C=C/c2ccc(C(=O)O)cc2)cc1. The first-order chi connectivity index (χ1) is 14.1. The molecule has 0 bridgehead atoms. The maximum Gasteiger partial charge on any atom is 0.335 e. The van der Waals surface area contributed by atoms with Gasteiger partial charge in [0.15, 0.2) is 0 Å². The van der Waals surface area contributed by atoms with E-state index in [1.807, 2.05) is 36.4 Å². The maximum absolute atomic E-state index is 10.9. The van der Waals surface area contributed by atoms with E-state index < -0.39 is 5.97 Å². The number of carbonyl (C=O) groups is 2. The summed E-state index contributed by atoms with van der Waals surface area (Å²) in [6.45, 7) is 4.44. The number of hydrogen-bond donors (Lipinski definition) is 1. The van der Waals surface area contributed by atoms with Crippen LogP contribution in [0, 0.1) is 0 Å². The second-order valence-electron chi connectivity index (χ2n) is 6.46. The Hall–Kier alpha value is -3.34. The van der Waals surface area contributed by atoms with Crippen molar-refractivity contribution in [3.63, 3.8) is 0 Å². The Morgan fingerprint density at radius 1 is 0.828 bits per heavy atom. The lowest BCUT2D eigenvalue weighted by molar-refractivity contribution is -0.137. The van der Waals surface area contributed by atoms with Gasteiger partial charge in [0.25, 0.3) is 0 Å². The van der Waals surface area contributed by atoms with E-state index in [2.05, 4.69) is 6.58 Å². The van der Waals surface area contributed by atoms with E-state index in [0.717, 1.165) is 42.6 Å². The van der Waals surface area contributed by atoms with Crippen molar-refractivity contribution in [1.29, 1.82) is 0 Å². The normalized spacial score (nSPS) is 10.6. The zero-order chi connectivity index (χ0) is 20.9. The van der Waals surface area contributed by atoms with Crippen LogP contribution in [0.5, 0.6) is 5.75 Å². The van der Waals surface area contributed by atoms with Crippen LogP contribution < -0.4 is 4.74 Å². The van der Waals surface area contributed by atoms with Crippen molar-refractivity contribution < 1.29 is 24.2 Å². The fourth-order valence-electron chi connectivity index (χ4n) is 2.58. The summed E-state index contributed by atoms with van der Waals surface area (Å²) in [7, 11) is 0. The molecule has 2 aromatic rings. The number of ether oxygens (including phenoxy) is 2. The molecule has 0 unspecified atom stereocenters. The third-order valence-electron chi connectivity index (χ3n) is 4.22. The molecule has 2 aromatic carbocycles. The Labute approximate surface area is 171 Å². The number of hydrogen-bond acceptors (Lipinski definition) is 4. The molecule has 5 heteroatoms. The Balaban J connectivity index is 1.66. The number of rotatable bonds is 12. The van der Waals surface area contributed by atoms with Gasteiger partial charge in [-0.2, -0.15) is 0 Å². The van der Waals surface area contributed by atoms with Crippen LogP contribution >= 0.6 is 0 Å². The van der Waals surface area contributed by atoms with E-state index in [1.165, 1.54) is 6.08 Å². The highest BCUT2D eigenvalue weighted by Crippen LogP contribution is 2.16. The average Bonchev–Trinajstić information content (AvgIpc) is 2.75. The van der Waals surface area contributed by atoms with Crippen LogP contribution in [0.15, 0.2) is 61.2 Å². The number of unbranched alkanes of at least 4 members (excludes halogenated alkanes) is 3. The number of carboxylic acids is 1. The highest BCUT2D eigenvalue weighted by molar-refractivity contribution is 5.88. The number of carboxylic acid groups (broad SMARTS) is 1. The lowest BCUT2D eigenvalue weighted by atomic mass is 10.1. The molecule has 0 amide bonds. The topological polar surface area (TPSA) is 72.8 Å². The predicted octanol–water partition coefficient (Wildman–Crippen LogP) is 5.22. The van der Waals surface area contributed by atoms with Crippen LogP contribution in [0.2, 0.25) is 0 Å². The molecule has 5 nitrogen and oxygen atoms in total. The van der Waals surface area contributed by atoms with Gasteiger partial charge in [0.1, 0.15) is 5.75 Å². The van der Waals surface area contributed by atoms with Gasteiger partial charge in [0.05, 0.1) is 18.8 Å². The van der Waals surface area contributed by atoms with Gasteiger partial charge < -0.3 is 14.6 Å². The monoisotopic (exact) mass is 394 g/mol. The number of carbonyl (C=O) groups excluding carboxylic acids is 1. The molecule has 0 fully saturated rings. The molecule has 0 aliphatic carbocycles. The number of esters is 1. The van der Waals surface area contributed by atoms with E-state index in [1.54, 1.807) is 24.3 Å². The van der Waals surface area contributed by atoms with Crippen LogP contribution in [0.3, 0.4) is 0 Å². The molecule has 152 valence electrons. The Morgan fingerprint density at radius 3 is 1.93 bits per heavy atom. The van der Waals surface area contributed by atoms with E-state index in [9.17, 15) is 9.59 Å². The zero-order valence-corrected chi connectivity index (χ0v) is 16.4. The Kier molecular flexibility index (Phi) is 9.22.